The lowest BCUT2D eigenvalue weighted by Gasteiger charge is -2.15. The number of rotatable bonds is 4. The van der Waals surface area contributed by atoms with Gasteiger partial charge in [-0.25, -0.2) is 10.1 Å². The molecule has 3 aromatic rings. The van der Waals surface area contributed by atoms with Crippen LogP contribution in [0.25, 0.3) is 5.69 Å². The summed E-state index contributed by atoms with van der Waals surface area (Å²) >= 11 is 5.09. The number of nitrogens with zero attached hydrogens (tertiary/aromatic N) is 3. The molecule has 3 rings (SSSR count). The molecule has 0 spiro atoms. The Bertz CT molecular complexity index is 694. The van der Waals surface area contributed by atoms with Crippen molar-refractivity contribution < 1.29 is 0 Å². The third kappa shape index (κ3) is 2.53. The van der Waals surface area contributed by atoms with Gasteiger partial charge >= 0.3 is 0 Å². The van der Waals surface area contributed by atoms with Crippen LogP contribution in [0.2, 0.25) is 0 Å². The number of nitrogens with two attached hydrogens (primary N) is 1. The van der Waals surface area contributed by atoms with Crippen LogP contribution in [-0.2, 0) is 0 Å². The third-order valence-electron chi connectivity index (χ3n) is 2.91. The Kier molecular flexibility index (Phi) is 3.93. The summed E-state index contributed by atoms with van der Waals surface area (Å²) in [7, 11) is 0. The molecule has 7 heteroatoms. The number of aromatic nitrogens is 3. The van der Waals surface area contributed by atoms with Gasteiger partial charge in [0, 0.05) is 14.7 Å². The summed E-state index contributed by atoms with van der Waals surface area (Å²) in [6.07, 6.45) is 1.73. The van der Waals surface area contributed by atoms with E-state index in [2.05, 4.69) is 31.7 Å². The van der Waals surface area contributed by atoms with Crippen molar-refractivity contribution in [3.63, 3.8) is 0 Å². The predicted molar refractivity (Wildman–Crippen MR) is 82.5 cm³/mol. The Labute approximate surface area is 128 Å². The maximum absolute atomic E-state index is 5.72. The highest BCUT2D eigenvalue weighted by Crippen LogP contribution is 2.30. The van der Waals surface area contributed by atoms with E-state index < -0.39 is 0 Å². The molecule has 1 aromatic carbocycles. The van der Waals surface area contributed by atoms with E-state index in [0.29, 0.717) is 0 Å². The van der Waals surface area contributed by atoms with Gasteiger partial charge in [-0.1, -0.05) is 23.4 Å². The lowest BCUT2D eigenvalue weighted by Crippen LogP contribution is -2.29. The number of hydrazine groups is 1. The number of benzene rings is 1. The maximum atomic E-state index is 5.72. The van der Waals surface area contributed by atoms with Crippen molar-refractivity contribution in [2.24, 2.45) is 5.84 Å². The minimum atomic E-state index is -0.151. The van der Waals surface area contributed by atoms with Gasteiger partial charge in [0.05, 0.1) is 23.6 Å². The molecule has 0 bridgehead atoms. The summed E-state index contributed by atoms with van der Waals surface area (Å²) in [5, 5.41) is 10.2. The Morgan fingerprint density at radius 3 is 2.75 bits per heavy atom. The first kappa shape index (κ1) is 13.4. The van der Waals surface area contributed by atoms with Crippen molar-refractivity contribution >= 4 is 27.3 Å². The van der Waals surface area contributed by atoms with Crippen LogP contribution < -0.4 is 11.3 Å². The zero-order valence-corrected chi connectivity index (χ0v) is 12.8. The fourth-order valence-electron chi connectivity index (χ4n) is 2.00. The third-order valence-corrected chi connectivity index (χ3v) is 4.67. The molecule has 0 amide bonds. The molecule has 0 radical (unpaired) electrons. The quantitative estimate of drug-likeness (QED) is 0.561. The summed E-state index contributed by atoms with van der Waals surface area (Å²) in [5.41, 5.74) is 4.68. The second kappa shape index (κ2) is 5.84. The van der Waals surface area contributed by atoms with Gasteiger partial charge in [-0.05, 0) is 34.1 Å². The van der Waals surface area contributed by atoms with Crippen LogP contribution in [0.15, 0.2) is 52.4 Å². The minimum absolute atomic E-state index is 0.151. The minimum Gasteiger partial charge on any atom is -0.270 e. The van der Waals surface area contributed by atoms with E-state index >= 15 is 0 Å². The molecule has 1 unspecified atom stereocenters. The topological polar surface area (TPSA) is 68.8 Å². The Morgan fingerprint density at radius 1 is 1.30 bits per heavy atom. The van der Waals surface area contributed by atoms with E-state index in [1.807, 2.05) is 41.8 Å². The van der Waals surface area contributed by atoms with Crippen molar-refractivity contribution in [2.45, 2.75) is 6.04 Å². The first-order valence-electron chi connectivity index (χ1n) is 5.95. The Morgan fingerprint density at radius 2 is 2.10 bits per heavy atom. The van der Waals surface area contributed by atoms with Gasteiger partial charge in [0.1, 0.15) is 0 Å². The average molecular weight is 350 g/mol. The molecule has 0 saturated heterocycles. The molecule has 20 heavy (non-hydrogen) atoms. The monoisotopic (exact) mass is 349 g/mol. The van der Waals surface area contributed by atoms with Crippen LogP contribution in [0.5, 0.6) is 0 Å². The first-order chi connectivity index (χ1) is 9.79. The highest BCUT2D eigenvalue weighted by atomic mass is 79.9. The molecular weight excluding hydrogens is 338 g/mol. The number of para-hydroxylation sites is 1. The van der Waals surface area contributed by atoms with Crippen molar-refractivity contribution in [1.29, 1.82) is 0 Å². The van der Waals surface area contributed by atoms with E-state index in [9.17, 15) is 0 Å². The molecule has 0 aliphatic rings. The van der Waals surface area contributed by atoms with Gasteiger partial charge in [-0.2, -0.15) is 0 Å². The van der Waals surface area contributed by atoms with Crippen molar-refractivity contribution in [3.05, 3.63) is 63.0 Å². The van der Waals surface area contributed by atoms with E-state index in [1.54, 1.807) is 22.2 Å². The van der Waals surface area contributed by atoms with Crippen molar-refractivity contribution in [3.8, 4) is 5.69 Å². The smallest absolute Gasteiger partial charge is 0.0991 e. The van der Waals surface area contributed by atoms with Crippen LogP contribution >= 0.6 is 27.3 Å². The van der Waals surface area contributed by atoms with Crippen molar-refractivity contribution in [1.82, 2.24) is 20.4 Å². The molecule has 102 valence electrons. The van der Waals surface area contributed by atoms with Crippen LogP contribution in [0.1, 0.15) is 16.6 Å². The Balaban J connectivity index is 2.04. The largest absolute Gasteiger partial charge is 0.270 e. The lowest BCUT2D eigenvalue weighted by molar-refractivity contribution is 0.603. The predicted octanol–water partition coefficient (Wildman–Crippen LogP) is 2.64. The first-order valence-corrected chi connectivity index (χ1v) is 7.63. The molecule has 2 aromatic heterocycles. The molecular formula is C13H12BrN5S. The van der Waals surface area contributed by atoms with Crippen molar-refractivity contribution in [2.75, 3.05) is 0 Å². The number of thiophene rings is 1. The lowest BCUT2D eigenvalue weighted by atomic mass is 10.2. The molecule has 0 fully saturated rings. The number of nitrogens with one attached hydrogen (secondary N) is 1. The summed E-state index contributed by atoms with van der Waals surface area (Å²) < 4.78 is 2.83. The highest BCUT2D eigenvalue weighted by Gasteiger charge is 2.20. The van der Waals surface area contributed by atoms with Gasteiger partial charge < -0.3 is 0 Å². The summed E-state index contributed by atoms with van der Waals surface area (Å²) in [4.78, 5) is 1.10. The molecule has 2 heterocycles. The van der Waals surface area contributed by atoms with Gasteiger partial charge in [-0.3, -0.25) is 5.84 Å². The number of hydrogen-bond acceptors (Lipinski definition) is 5. The molecule has 0 aliphatic carbocycles. The van der Waals surface area contributed by atoms with Gasteiger partial charge in [-0.15, -0.1) is 16.4 Å². The van der Waals surface area contributed by atoms with E-state index in [-0.39, 0.29) is 6.04 Å². The van der Waals surface area contributed by atoms with Gasteiger partial charge in [0.25, 0.3) is 0 Å². The highest BCUT2D eigenvalue weighted by molar-refractivity contribution is 9.10. The van der Waals surface area contributed by atoms with Crippen LogP contribution in [0.3, 0.4) is 0 Å². The Hall–Kier alpha value is -1.54. The molecule has 1 atom stereocenters. The van der Waals surface area contributed by atoms with Crippen LogP contribution in [0, 0.1) is 0 Å². The van der Waals surface area contributed by atoms with Gasteiger partial charge in [0.15, 0.2) is 0 Å². The zero-order chi connectivity index (χ0) is 13.9. The van der Waals surface area contributed by atoms with Crippen LogP contribution in [0.4, 0.5) is 0 Å². The van der Waals surface area contributed by atoms with E-state index in [4.69, 9.17) is 5.84 Å². The SMILES string of the molecule is NNC(c1cc(Br)cs1)c1cnnn1-c1ccccc1. The average Bonchev–Trinajstić information content (AvgIpc) is 3.11. The molecule has 5 nitrogen and oxygen atoms in total. The molecule has 0 aliphatic heterocycles. The van der Waals surface area contributed by atoms with E-state index in [0.717, 1.165) is 20.7 Å². The molecule has 3 N–H and O–H groups in total. The van der Waals surface area contributed by atoms with Crippen LogP contribution in [-0.4, -0.2) is 15.0 Å². The molecule has 0 saturated carbocycles. The normalized spacial score (nSPS) is 12.5. The standard InChI is InChI=1S/C13H12BrN5S/c14-9-6-12(20-8-9)13(17-15)11-7-16-18-19(11)10-4-2-1-3-5-10/h1-8,13,17H,15H2. The van der Waals surface area contributed by atoms with Gasteiger partial charge in [0.2, 0.25) is 0 Å². The number of halogens is 1. The second-order valence-corrected chi connectivity index (χ2v) is 6.03. The fourth-order valence-corrected chi connectivity index (χ4v) is 3.52. The summed E-state index contributed by atoms with van der Waals surface area (Å²) in [5.74, 6) is 5.72. The zero-order valence-electron chi connectivity index (χ0n) is 10.4. The maximum Gasteiger partial charge on any atom is 0.0991 e. The fraction of sp³-hybridized carbons (Fsp3) is 0.0769. The summed E-state index contributed by atoms with van der Waals surface area (Å²) in [6.45, 7) is 0. The second-order valence-electron chi connectivity index (χ2n) is 4.17. The summed E-state index contributed by atoms with van der Waals surface area (Å²) in [6, 6.07) is 11.8. The number of hydrogen-bond donors (Lipinski definition) is 2. The van der Waals surface area contributed by atoms with E-state index in [1.165, 1.54) is 0 Å².